The van der Waals surface area contributed by atoms with Gasteiger partial charge in [0.05, 0.1) is 0 Å². The van der Waals surface area contributed by atoms with Crippen LogP contribution in [0.25, 0.3) is 11.3 Å². The summed E-state index contributed by atoms with van der Waals surface area (Å²) in [5, 5.41) is 3.14. The van der Waals surface area contributed by atoms with E-state index < -0.39 is 15.2 Å². The number of piperazine rings is 1. The average Bonchev–Trinajstić information content (AvgIpc) is 3.36. The highest BCUT2D eigenvalue weighted by Crippen LogP contribution is 2.39. The van der Waals surface area contributed by atoms with E-state index in [1.165, 1.54) is 55.6 Å². The van der Waals surface area contributed by atoms with Crippen molar-refractivity contribution in [1.82, 2.24) is 9.88 Å². The van der Waals surface area contributed by atoms with Crippen LogP contribution in [0.1, 0.15) is 53.4 Å². The first-order chi connectivity index (χ1) is 18.7. The Morgan fingerprint density at radius 3 is 2.28 bits per heavy atom. The second-order valence-corrected chi connectivity index (χ2v) is 13.5. The third-order valence-electron chi connectivity index (χ3n) is 7.60. The zero-order valence-corrected chi connectivity index (χ0v) is 23.6. The van der Waals surface area contributed by atoms with Gasteiger partial charge < -0.3 is 10.6 Å². The van der Waals surface area contributed by atoms with E-state index in [9.17, 15) is 17.6 Å². The summed E-state index contributed by atoms with van der Waals surface area (Å²) in [6.45, 7) is 3.69. The lowest BCUT2D eigenvalue weighted by atomic mass is 9.94. The predicted octanol–water partition coefficient (Wildman–Crippen LogP) is 4.66. The van der Waals surface area contributed by atoms with Gasteiger partial charge in [-0.25, -0.2) is 17.8 Å². The highest BCUT2D eigenvalue weighted by molar-refractivity contribution is 7.90. The van der Waals surface area contributed by atoms with E-state index in [4.69, 9.17) is 10.7 Å². The van der Waals surface area contributed by atoms with Gasteiger partial charge in [-0.3, -0.25) is 15.0 Å². The van der Waals surface area contributed by atoms with E-state index in [0.29, 0.717) is 22.3 Å². The molecule has 1 aliphatic carbocycles. The van der Waals surface area contributed by atoms with Crippen LogP contribution >= 0.6 is 11.3 Å². The van der Waals surface area contributed by atoms with Crippen LogP contribution in [0.15, 0.2) is 48.5 Å². The number of carbonyl (C=O) groups is 1. The molecule has 2 aliphatic rings. The minimum absolute atomic E-state index is 0.316. The molecule has 1 aromatic heterocycles. The van der Waals surface area contributed by atoms with Gasteiger partial charge in [0.25, 0.3) is 5.91 Å². The Morgan fingerprint density at radius 2 is 1.67 bits per heavy atom. The molecule has 39 heavy (non-hydrogen) atoms. The molecule has 3 N–H and O–H groups in total. The average molecular weight is 572 g/mol. The molecular weight excluding hydrogens is 537 g/mol. The third kappa shape index (κ3) is 6.49. The van der Waals surface area contributed by atoms with E-state index in [1.807, 2.05) is 0 Å². The molecule has 2 aromatic carbocycles. The first kappa shape index (κ1) is 27.7. The minimum Gasteiger partial charge on any atom is -0.359 e. The third-order valence-corrected chi connectivity index (χ3v) is 9.83. The summed E-state index contributed by atoms with van der Waals surface area (Å²) in [6, 6.07) is 13.1. The minimum atomic E-state index is -3.45. The zero-order chi connectivity index (χ0) is 27.6. The molecule has 1 unspecified atom stereocenters. The molecular formula is C28H34FN5O3S2. The molecule has 1 aliphatic heterocycles. The molecule has 8 nitrogen and oxygen atoms in total. The number of hydrogen-bond donors (Lipinski definition) is 2. The van der Waals surface area contributed by atoms with Crippen molar-refractivity contribution in [3.8, 4) is 11.3 Å². The smallest absolute Gasteiger partial charge is 0.257 e. The Balaban J connectivity index is 1.34. The maximum Gasteiger partial charge on any atom is 0.257 e. The van der Waals surface area contributed by atoms with Crippen molar-refractivity contribution in [3.05, 3.63) is 65.5 Å². The van der Waals surface area contributed by atoms with Crippen LogP contribution < -0.4 is 16.0 Å². The summed E-state index contributed by atoms with van der Waals surface area (Å²) < 4.78 is 37.2. The van der Waals surface area contributed by atoms with Crippen molar-refractivity contribution < 1.29 is 17.6 Å². The van der Waals surface area contributed by atoms with Crippen molar-refractivity contribution in [2.75, 3.05) is 42.7 Å². The number of carbonyl (C=O) groups excluding carboxylic acids is 1. The molecule has 0 bridgehead atoms. The summed E-state index contributed by atoms with van der Waals surface area (Å²) >= 11 is 1.41. The number of benzene rings is 2. The number of anilines is 2. The number of halogens is 1. The standard InChI is InChI=1S/C28H34FN5O3S2/c1-39(36,37)25(30)20-7-9-21(10-8-20)26(35)32-28-31-24(19-11-13-22(29)14-12-19)27(38-28)34-17-15-33(16-18-34)23-5-3-2-4-6-23/h7-14,23,25H,2-6,15-18,30H2,1H3,(H,31,32,35). The Bertz CT molecular complexity index is 1400. The lowest BCUT2D eigenvalue weighted by molar-refractivity contribution is 0.102. The van der Waals surface area contributed by atoms with Gasteiger partial charge in [-0.2, -0.15) is 0 Å². The van der Waals surface area contributed by atoms with Crippen LogP contribution in [0, 0.1) is 5.82 Å². The van der Waals surface area contributed by atoms with Gasteiger partial charge in [-0.05, 0) is 54.8 Å². The maximum absolute atomic E-state index is 13.7. The second-order valence-electron chi connectivity index (χ2n) is 10.3. The molecule has 2 heterocycles. The highest BCUT2D eigenvalue weighted by atomic mass is 32.2. The number of nitrogens with two attached hydrogens (primary N) is 1. The number of nitrogens with zero attached hydrogens (tertiary/aromatic N) is 3. The number of amides is 1. The van der Waals surface area contributed by atoms with E-state index in [1.54, 1.807) is 36.4 Å². The van der Waals surface area contributed by atoms with Gasteiger partial charge in [0, 0.05) is 49.6 Å². The number of thiazole rings is 1. The zero-order valence-electron chi connectivity index (χ0n) is 22.0. The fraction of sp³-hybridized carbons (Fsp3) is 0.429. The summed E-state index contributed by atoms with van der Waals surface area (Å²) in [7, 11) is -3.45. The fourth-order valence-electron chi connectivity index (χ4n) is 5.35. The van der Waals surface area contributed by atoms with Crippen LogP contribution in [0.3, 0.4) is 0 Å². The summed E-state index contributed by atoms with van der Waals surface area (Å²) in [5.74, 6) is -0.674. The number of sulfone groups is 1. The number of nitrogens with one attached hydrogen (secondary N) is 1. The summed E-state index contributed by atoms with van der Waals surface area (Å²) in [6.07, 6.45) is 7.59. The Labute approximate surface area is 233 Å². The van der Waals surface area contributed by atoms with Crippen LogP contribution in [-0.2, 0) is 9.84 Å². The van der Waals surface area contributed by atoms with E-state index in [0.717, 1.165) is 48.7 Å². The van der Waals surface area contributed by atoms with Crippen molar-refractivity contribution in [3.63, 3.8) is 0 Å². The maximum atomic E-state index is 13.7. The second kappa shape index (κ2) is 11.7. The van der Waals surface area contributed by atoms with Gasteiger partial charge in [0.2, 0.25) is 0 Å². The van der Waals surface area contributed by atoms with E-state index in [-0.39, 0.29) is 11.7 Å². The SMILES string of the molecule is CS(=O)(=O)C(N)c1ccc(C(=O)Nc2nc(-c3ccc(F)cc3)c(N3CCN(C4CCCCC4)CC3)s2)cc1. The lowest BCUT2D eigenvalue weighted by Gasteiger charge is -2.41. The van der Waals surface area contributed by atoms with E-state index in [2.05, 4.69) is 15.1 Å². The normalized spacial score (nSPS) is 18.2. The first-order valence-electron chi connectivity index (χ1n) is 13.3. The molecule has 1 amide bonds. The fourth-order valence-corrected chi connectivity index (χ4v) is 7.04. The van der Waals surface area contributed by atoms with Crippen LogP contribution in [0.4, 0.5) is 14.5 Å². The molecule has 2 fully saturated rings. The van der Waals surface area contributed by atoms with Crippen LogP contribution in [-0.4, -0.2) is 62.7 Å². The number of hydrogen-bond acceptors (Lipinski definition) is 8. The van der Waals surface area contributed by atoms with Gasteiger partial charge in [0.15, 0.2) is 15.0 Å². The number of rotatable bonds is 7. The monoisotopic (exact) mass is 571 g/mol. The Kier molecular flexibility index (Phi) is 8.32. The van der Waals surface area contributed by atoms with Crippen molar-refractivity contribution >= 4 is 37.2 Å². The molecule has 0 radical (unpaired) electrons. The summed E-state index contributed by atoms with van der Waals surface area (Å²) in [4.78, 5) is 22.7. The highest BCUT2D eigenvalue weighted by Gasteiger charge is 2.28. The van der Waals surface area contributed by atoms with Crippen molar-refractivity contribution in [1.29, 1.82) is 0 Å². The van der Waals surface area contributed by atoms with Gasteiger partial charge in [-0.15, -0.1) is 0 Å². The largest absolute Gasteiger partial charge is 0.359 e. The lowest BCUT2D eigenvalue weighted by Crippen LogP contribution is -2.50. The van der Waals surface area contributed by atoms with Crippen LogP contribution in [0.2, 0.25) is 0 Å². The van der Waals surface area contributed by atoms with Crippen LogP contribution in [0.5, 0.6) is 0 Å². The van der Waals surface area contributed by atoms with Crippen molar-refractivity contribution in [2.24, 2.45) is 5.73 Å². The quantitative estimate of drug-likeness (QED) is 0.425. The van der Waals surface area contributed by atoms with Gasteiger partial charge in [-0.1, -0.05) is 42.7 Å². The molecule has 208 valence electrons. The molecule has 11 heteroatoms. The van der Waals surface area contributed by atoms with Crippen molar-refractivity contribution in [2.45, 2.75) is 43.5 Å². The Morgan fingerprint density at radius 1 is 1.03 bits per heavy atom. The van der Waals surface area contributed by atoms with Gasteiger partial charge >= 0.3 is 0 Å². The summed E-state index contributed by atoms with van der Waals surface area (Å²) in [5.41, 5.74) is 8.08. The molecule has 0 spiro atoms. The molecule has 5 rings (SSSR count). The predicted molar refractivity (Wildman–Crippen MR) is 154 cm³/mol. The molecule has 1 atom stereocenters. The molecule has 1 saturated heterocycles. The Hall–Kier alpha value is -2.86. The molecule has 1 saturated carbocycles. The van der Waals surface area contributed by atoms with Gasteiger partial charge in [0.1, 0.15) is 21.9 Å². The van der Waals surface area contributed by atoms with E-state index >= 15 is 0 Å². The molecule has 3 aromatic rings. The topological polar surface area (TPSA) is 109 Å². The number of aromatic nitrogens is 1. The first-order valence-corrected chi connectivity index (χ1v) is 16.1.